The predicted octanol–water partition coefficient (Wildman–Crippen LogP) is 1.11. The van der Waals surface area contributed by atoms with Crippen LogP contribution in [0.15, 0.2) is 21.6 Å². The van der Waals surface area contributed by atoms with Crippen LogP contribution < -0.4 is 0 Å². The Labute approximate surface area is 145 Å². The molecule has 1 aliphatic heterocycles. The topological polar surface area (TPSA) is 108 Å². The molecule has 2 aromatic heterocycles. The van der Waals surface area contributed by atoms with Gasteiger partial charge in [0.15, 0.2) is 6.61 Å². The summed E-state index contributed by atoms with van der Waals surface area (Å²) < 4.78 is 38.4. The smallest absolute Gasteiger partial charge is 0.355 e. The molecule has 9 nitrogen and oxygen atoms in total. The molecule has 1 saturated heterocycles. The second-order valence-electron chi connectivity index (χ2n) is 5.80. The Kier molecular flexibility index (Phi) is 4.91. The third kappa shape index (κ3) is 3.59. The summed E-state index contributed by atoms with van der Waals surface area (Å²) in [6.07, 6.45) is 3.72. The van der Waals surface area contributed by atoms with E-state index in [4.69, 9.17) is 9.15 Å². The summed E-state index contributed by atoms with van der Waals surface area (Å²) in [5.41, 5.74) is 0.146. The molecule has 0 N–H and O–H groups in total. The van der Waals surface area contributed by atoms with Gasteiger partial charge in [0.2, 0.25) is 15.9 Å². The fraction of sp³-hybridized carbons (Fsp3) is 0.533. The van der Waals surface area contributed by atoms with Crippen LogP contribution in [0.25, 0.3) is 0 Å². The normalized spacial score (nSPS) is 15.6. The highest BCUT2D eigenvalue weighted by molar-refractivity contribution is 7.89. The summed E-state index contributed by atoms with van der Waals surface area (Å²) in [5.74, 6) is 0.00912. The molecule has 0 amide bonds. The van der Waals surface area contributed by atoms with Crippen LogP contribution in [-0.4, -0.2) is 46.5 Å². The van der Waals surface area contributed by atoms with Crippen molar-refractivity contribution >= 4 is 16.0 Å². The Hall–Kier alpha value is -2.20. The van der Waals surface area contributed by atoms with Crippen molar-refractivity contribution in [2.24, 2.45) is 7.05 Å². The van der Waals surface area contributed by atoms with Gasteiger partial charge in [-0.25, -0.2) is 13.2 Å². The van der Waals surface area contributed by atoms with Crippen LogP contribution in [0.5, 0.6) is 0 Å². The summed E-state index contributed by atoms with van der Waals surface area (Å²) in [7, 11) is -1.98. The van der Waals surface area contributed by atoms with Crippen LogP contribution in [-0.2, 0) is 34.8 Å². The van der Waals surface area contributed by atoms with Gasteiger partial charge in [0.05, 0.1) is 0 Å². The Balaban J connectivity index is 1.72. The first kappa shape index (κ1) is 17.6. The van der Waals surface area contributed by atoms with E-state index in [1.54, 1.807) is 7.05 Å². The van der Waals surface area contributed by atoms with Crippen LogP contribution in [0, 0.1) is 0 Å². The summed E-state index contributed by atoms with van der Waals surface area (Å²) in [5, 5.41) is 7.55. The average molecular weight is 368 g/mol. The molecule has 0 aromatic carbocycles. The van der Waals surface area contributed by atoms with Gasteiger partial charge in [0.1, 0.15) is 10.6 Å². The highest BCUT2D eigenvalue weighted by atomic mass is 32.2. The number of sulfonamides is 1. The molecule has 0 radical (unpaired) electrons. The number of hydrogen-bond donors (Lipinski definition) is 0. The largest absolute Gasteiger partial charge is 0.451 e. The van der Waals surface area contributed by atoms with Gasteiger partial charge in [0, 0.05) is 32.8 Å². The van der Waals surface area contributed by atoms with Crippen molar-refractivity contribution in [3.05, 3.63) is 29.7 Å². The Morgan fingerprint density at radius 3 is 2.60 bits per heavy atom. The maximum atomic E-state index is 12.6. The number of ether oxygens (including phenoxy) is 1. The third-order valence-corrected chi connectivity index (χ3v) is 5.89. The molecule has 136 valence electrons. The summed E-state index contributed by atoms with van der Waals surface area (Å²) in [4.78, 5) is 12.3. The molecule has 1 aliphatic rings. The molecule has 0 spiro atoms. The number of hydrogen-bond acceptors (Lipinski definition) is 7. The number of carbonyl (C=O) groups excluding carboxylic acids is 1. The lowest BCUT2D eigenvalue weighted by Crippen LogP contribution is -2.27. The van der Waals surface area contributed by atoms with Gasteiger partial charge < -0.3 is 13.7 Å². The Morgan fingerprint density at radius 2 is 1.96 bits per heavy atom. The molecular weight excluding hydrogens is 348 g/mol. The van der Waals surface area contributed by atoms with E-state index in [1.807, 2.05) is 6.92 Å². The minimum Gasteiger partial charge on any atom is -0.451 e. The van der Waals surface area contributed by atoms with Gasteiger partial charge in [-0.1, -0.05) is 6.92 Å². The second-order valence-corrected chi connectivity index (χ2v) is 7.74. The molecule has 3 rings (SSSR count). The number of carbonyl (C=O) groups is 1. The number of aromatic nitrogens is 3. The first-order valence-corrected chi connectivity index (χ1v) is 9.50. The summed E-state index contributed by atoms with van der Waals surface area (Å²) >= 11 is 0. The monoisotopic (exact) mass is 368 g/mol. The third-order valence-electron chi connectivity index (χ3n) is 4.03. The fourth-order valence-corrected chi connectivity index (χ4v) is 4.24. The minimum absolute atomic E-state index is 0.0925. The van der Waals surface area contributed by atoms with Crippen molar-refractivity contribution in [3.63, 3.8) is 0 Å². The lowest BCUT2D eigenvalue weighted by atomic mass is 10.4. The van der Waals surface area contributed by atoms with Crippen molar-refractivity contribution in [1.82, 2.24) is 19.1 Å². The van der Waals surface area contributed by atoms with E-state index >= 15 is 0 Å². The lowest BCUT2D eigenvalue weighted by molar-refractivity contribution is 0.0425. The van der Waals surface area contributed by atoms with Crippen molar-refractivity contribution in [3.8, 4) is 0 Å². The maximum absolute atomic E-state index is 12.6. The predicted molar refractivity (Wildman–Crippen MR) is 86.2 cm³/mol. The molecular formula is C15H20N4O5S. The molecule has 1 fully saturated rings. The van der Waals surface area contributed by atoms with E-state index in [2.05, 4.69) is 10.2 Å². The van der Waals surface area contributed by atoms with Crippen LogP contribution in [0.3, 0.4) is 0 Å². The van der Waals surface area contributed by atoms with E-state index in [0.717, 1.165) is 12.8 Å². The average Bonchev–Trinajstić information content (AvgIpc) is 3.32. The van der Waals surface area contributed by atoms with Crippen LogP contribution in [0.4, 0.5) is 0 Å². The molecule has 25 heavy (non-hydrogen) atoms. The van der Waals surface area contributed by atoms with Gasteiger partial charge >= 0.3 is 5.97 Å². The molecule has 3 heterocycles. The van der Waals surface area contributed by atoms with Crippen molar-refractivity contribution in [2.45, 2.75) is 37.7 Å². The molecule has 0 bridgehead atoms. The van der Waals surface area contributed by atoms with E-state index in [0.29, 0.717) is 25.4 Å². The van der Waals surface area contributed by atoms with E-state index in [9.17, 15) is 13.2 Å². The first-order valence-electron chi connectivity index (χ1n) is 8.06. The quantitative estimate of drug-likeness (QED) is 0.703. The number of nitrogens with zero attached hydrogens (tertiary/aromatic N) is 4. The van der Waals surface area contributed by atoms with Gasteiger partial charge in [-0.2, -0.15) is 4.31 Å². The van der Waals surface area contributed by atoms with Crippen LogP contribution >= 0.6 is 0 Å². The number of aryl methyl sites for hydroxylation is 2. The maximum Gasteiger partial charge on any atom is 0.355 e. The Morgan fingerprint density at radius 1 is 1.28 bits per heavy atom. The molecule has 0 aliphatic carbocycles. The summed E-state index contributed by atoms with van der Waals surface area (Å²) in [6.45, 7) is 2.72. The zero-order chi connectivity index (χ0) is 18.0. The van der Waals surface area contributed by atoms with Gasteiger partial charge in [-0.3, -0.25) is 0 Å². The molecule has 2 aromatic rings. The molecule has 0 unspecified atom stereocenters. The summed E-state index contributed by atoms with van der Waals surface area (Å²) in [6, 6.07) is 1.33. The highest BCUT2D eigenvalue weighted by Gasteiger charge is 2.29. The van der Waals surface area contributed by atoms with E-state index in [-0.39, 0.29) is 23.1 Å². The first-order chi connectivity index (χ1) is 11.9. The lowest BCUT2D eigenvalue weighted by Gasteiger charge is -2.13. The van der Waals surface area contributed by atoms with E-state index in [1.165, 1.54) is 21.1 Å². The SMILES string of the molecule is CCc1nnc(COC(=O)c2cc(S(=O)(=O)N3CCCC3)cn2C)o1. The molecule has 0 saturated carbocycles. The zero-order valence-electron chi connectivity index (χ0n) is 14.1. The number of rotatable bonds is 6. The van der Waals surface area contributed by atoms with Gasteiger partial charge in [0.25, 0.3) is 5.89 Å². The molecule has 10 heteroatoms. The van der Waals surface area contributed by atoms with Crippen molar-refractivity contribution in [1.29, 1.82) is 0 Å². The van der Waals surface area contributed by atoms with Gasteiger partial charge in [-0.15, -0.1) is 10.2 Å². The van der Waals surface area contributed by atoms with Crippen molar-refractivity contribution in [2.75, 3.05) is 13.1 Å². The van der Waals surface area contributed by atoms with Crippen molar-refractivity contribution < 1.29 is 22.4 Å². The minimum atomic E-state index is -3.58. The van der Waals surface area contributed by atoms with E-state index < -0.39 is 16.0 Å². The highest BCUT2D eigenvalue weighted by Crippen LogP contribution is 2.23. The Bertz CT molecular complexity index is 864. The fourth-order valence-electron chi connectivity index (χ4n) is 2.65. The van der Waals surface area contributed by atoms with Crippen LogP contribution in [0.2, 0.25) is 0 Å². The van der Waals surface area contributed by atoms with Crippen LogP contribution in [0.1, 0.15) is 42.0 Å². The zero-order valence-corrected chi connectivity index (χ0v) is 15.0. The number of esters is 1. The standard InChI is InChI=1S/C15H20N4O5S/c1-3-13-16-17-14(24-13)10-23-15(20)12-8-11(9-18(12)2)25(21,22)19-6-4-5-7-19/h8-9H,3-7,10H2,1-2H3. The second kappa shape index (κ2) is 6.96. The molecule has 0 atom stereocenters. The van der Waals surface area contributed by atoms with Gasteiger partial charge in [-0.05, 0) is 18.9 Å².